The van der Waals surface area contributed by atoms with Crippen LogP contribution in [0.2, 0.25) is 0 Å². The molecule has 1 aliphatic heterocycles. The molecular formula is C20H20FN3O3. The van der Waals surface area contributed by atoms with Crippen LogP contribution in [0.3, 0.4) is 0 Å². The number of ether oxygens (including phenoxy) is 1. The first kappa shape index (κ1) is 17.6. The predicted octanol–water partition coefficient (Wildman–Crippen LogP) is 2.78. The first-order chi connectivity index (χ1) is 13.1. The fourth-order valence-electron chi connectivity index (χ4n) is 3.15. The van der Waals surface area contributed by atoms with Crippen LogP contribution in [0.5, 0.6) is 0 Å². The molecule has 140 valence electrons. The van der Waals surface area contributed by atoms with Crippen molar-refractivity contribution < 1.29 is 18.7 Å². The molecule has 2 heterocycles. The van der Waals surface area contributed by atoms with Crippen molar-refractivity contribution in [3.05, 3.63) is 59.5 Å². The van der Waals surface area contributed by atoms with Crippen molar-refractivity contribution >= 4 is 17.6 Å². The van der Waals surface area contributed by atoms with Crippen LogP contribution in [0.25, 0.3) is 0 Å². The van der Waals surface area contributed by atoms with Crippen molar-refractivity contribution in [2.75, 3.05) is 25.0 Å². The lowest BCUT2D eigenvalue weighted by Gasteiger charge is -2.33. The van der Waals surface area contributed by atoms with Crippen LogP contribution in [0.15, 0.2) is 42.6 Å². The molecule has 4 rings (SSSR count). The first-order valence-corrected chi connectivity index (χ1v) is 9.04. The maximum atomic E-state index is 14.0. The second kappa shape index (κ2) is 7.44. The molecule has 27 heavy (non-hydrogen) atoms. The van der Waals surface area contributed by atoms with E-state index in [0.717, 1.165) is 12.8 Å². The zero-order valence-corrected chi connectivity index (χ0v) is 14.7. The summed E-state index contributed by atoms with van der Waals surface area (Å²) in [5.74, 6) is -0.156. The van der Waals surface area contributed by atoms with Gasteiger partial charge < -0.3 is 15.0 Å². The zero-order chi connectivity index (χ0) is 18.8. The highest BCUT2D eigenvalue weighted by Crippen LogP contribution is 2.30. The molecule has 1 atom stereocenters. The van der Waals surface area contributed by atoms with Crippen LogP contribution < -0.4 is 5.32 Å². The van der Waals surface area contributed by atoms with Crippen LogP contribution in [0.4, 0.5) is 10.2 Å². The average molecular weight is 369 g/mol. The number of pyridine rings is 1. The van der Waals surface area contributed by atoms with Gasteiger partial charge in [0.05, 0.1) is 13.2 Å². The molecular weight excluding hydrogens is 349 g/mol. The number of morpholine rings is 1. The van der Waals surface area contributed by atoms with Crippen LogP contribution in [-0.4, -0.2) is 41.4 Å². The van der Waals surface area contributed by atoms with E-state index in [0.29, 0.717) is 30.1 Å². The minimum atomic E-state index is -0.500. The van der Waals surface area contributed by atoms with Crippen molar-refractivity contribution in [3.8, 4) is 0 Å². The number of rotatable bonds is 4. The van der Waals surface area contributed by atoms with Crippen molar-refractivity contribution in [1.29, 1.82) is 0 Å². The number of hydrogen-bond acceptors (Lipinski definition) is 4. The number of hydrogen-bond donors (Lipinski definition) is 1. The highest BCUT2D eigenvalue weighted by atomic mass is 19.1. The zero-order valence-electron chi connectivity index (χ0n) is 14.7. The highest BCUT2D eigenvalue weighted by molar-refractivity contribution is 5.97. The molecule has 1 saturated carbocycles. The van der Waals surface area contributed by atoms with Crippen molar-refractivity contribution in [2.24, 2.45) is 5.92 Å². The van der Waals surface area contributed by atoms with Gasteiger partial charge in [0, 0.05) is 29.8 Å². The summed E-state index contributed by atoms with van der Waals surface area (Å²) in [6.07, 6.45) is 2.80. The molecule has 6 nitrogen and oxygen atoms in total. The van der Waals surface area contributed by atoms with E-state index < -0.39 is 6.10 Å². The fourth-order valence-corrected chi connectivity index (χ4v) is 3.15. The van der Waals surface area contributed by atoms with Gasteiger partial charge in [-0.05, 0) is 31.0 Å². The lowest BCUT2D eigenvalue weighted by Crippen LogP contribution is -2.42. The molecule has 1 unspecified atom stereocenters. The van der Waals surface area contributed by atoms with Crippen LogP contribution in [0.1, 0.15) is 34.9 Å². The molecule has 1 aliphatic carbocycles. The number of nitrogens with zero attached hydrogens (tertiary/aromatic N) is 2. The summed E-state index contributed by atoms with van der Waals surface area (Å²) in [5.41, 5.74) is 0.882. The quantitative estimate of drug-likeness (QED) is 0.900. The van der Waals surface area contributed by atoms with E-state index in [2.05, 4.69) is 10.3 Å². The third-order valence-corrected chi connectivity index (χ3v) is 4.81. The molecule has 1 saturated heterocycles. The van der Waals surface area contributed by atoms with Gasteiger partial charge in [-0.25, -0.2) is 9.37 Å². The van der Waals surface area contributed by atoms with E-state index >= 15 is 0 Å². The summed E-state index contributed by atoms with van der Waals surface area (Å²) in [7, 11) is 0. The van der Waals surface area contributed by atoms with E-state index in [-0.39, 0.29) is 30.1 Å². The van der Waals surface area contributed by atoms with Gasteiger partial charge in [0.15, 0.2) is 0 Å². The van der Waals surface area contributed by atoms with Crippen LogP contribution in [0, 0.1) is 11.7 Å². The number of nitrogens with one attached hydrogen (secondary N) is 1. The summed E-state index contributed by atoms with van der Waals surface area (Å²) in [6.45, 7) is 1.03. The highest BCUT2D eigenvalue weighted by Gasteiger charge is 2.30. The van der Waals surface area contributed by atoms with Crippen molar-refractivity contribution in [3.63, 3.8) is 0 Å². The van der Waals surface area contributed by atoms with Gasteiger partial charge in [-0.15, -0.1) is 0 Å². The largest absolute Gasteiger partial charge is 0.370 e. The second-order valence-corrected chi connectivity index (χ2v) is 6.83. The Balaban J connectivity index is 1.47. The summed E-state index contributed by atoms with van der Waals surface area (Å²) in [6, 6.07) is 9.63. The number of carbonyl (C=O) groups is 2. The Bertz CT molecular complexity index is 869. The first-order valence-electron chi connectivity index (χ1n) is 9.04. The third-order valence-electron chi connectivity index (χ3n) is 4.81. The van der Waals surface area contributed by atoms with Gasteiger partial charge in [-0.1, -0.05) is 18.2 Å². The topological polar surface area (TPSA) is 71.5 Å². The SMILES string of the molecule is O=C(Nc1cc(C(=O)N2CCOC(c3ccccc3F)C2)ccn1)C1CC1. The van der Waals surface area contributed by atoms with E-state index in [4.69, 9.17) is 4.74 Å². The number of carbonyl (C=O) groups excluding carboxylic acids is 2. The lowest BCUT2D eigenvalue weighted by molar-refractivity contribution is -0.117. The smallest absolute Gasteiger partial charge is 0.254 e. The van der Waals surface area contributed by atoms with Crippen molar-refractivity contribution in [1.82, 2.24) is 9.88 Å². The number of aromatic nitrogens is 1. The molecule has 0 radical (unpaired) electrons. The Morgan fingerprint density at radius 1 is 1.22 bits per heavy atom. The standard InChI is InChI=1S/C20H20FN3O3/c21-16-4-2-1-3-15(16)17-12-24(9-10-27-17)20(26)14-7-8-22-18(11-14)23-19(25)13-5-6-13/h1-4,7-8,11,13,17H,5-6,9-10,12H2,(H,22,23,25). The summed E-state index contributed by atoms with van der Waals surface area (Å²) < 4.78 is 19.7. The molecule has 7 heteroatoms. The lowest BCUT2D eigenvalue weighted by atomic mass is 10.1. The number of halogens is 1. The second-order valence-electron chi connectivity index (χ2n) is 6.83. The van der Waals surface area contributed by atoms with Gasteiger partial charge in [0.1, 0.15) is 17.7 Å². The number of amides is 2. The van der Waals surface area contributed by atoms with Gasteiger partial charge in [0.2, 0.25) is 5.91 Å². The minimum Gasteiger partial charge on any atom is -0.370 e. The summed E-state index contributed by atoms with van der Waals surface area (Å²) >= 11 is 0. The normalized spacial score (nSPS) is 19.6. The molecule has 0 bridgehead atoms. The molecule has 2 aromatic rings. The molecule has 2 aliphatic rings. The molecule has 0 spiro atoms. The Labute approximate surface area is 156 Å². The maximum Gasteiger partial charge on any atom is 0.254 e. The molecule has 2 fully saturated rings. The Hall–Kier alpha value is -2.80. The van der Waals surface area contributed by atoms with Gasteiger partial charge in [-0.3, -0.25) is 9.59 Å². The Morgan fingerprint density at radius 2 is 2.04 bits per heavy atom. The van der Waals surface area contributed by atoms with E-state index in [1.165, 1.54) is 12.3 Å². The molecule has 1 N–H and O–H groups in total. The fraction of sp³-hybridized carbons (Fsp3) is 0.350. The Morgan fingerprint density at radius 3 is 2.81 bits per heavy atom. The maximum absolute atomic E-state index is 14.0. The number of anilines is 1. The van der Waals surface area contributed by atoms with Gasteiger partial charge >= 0.3 is 0 Å². The van der Waals surface area contributed by atoms with Gasteiger partial charge in [0.25, 0.3) is 5.91 Å². The van der Waals surface area contributed by atoms with E-state index in [1.807, 2.05) is 0 Å². The van der Waals surface area contributed by atoms with Gasteiger partial charge in [-0.2, -0.15) is 0 Å². The molecule has 1 aromatic carbocycles. The molecule has 1 aromatic heterocycles. The monoisotopic (exact) mass is 369 g/mol. The summed E-state index contributed by atoms with van der Waals surface area (Å²) in [5, 5.41) is 2.75. The Kier molecular flexibility index (Phi) is 4.85. The summed E-state index contributed by atoms with van der Waals surface area (Å²) in [4.78, 5) is 30.5. The van der Waals surface area contributed by atoms with Crippen LogP contribution >= 0.6 is 0 Å². The van der Waals surface area contributed by atoms with E-state index in [1.54, 1.807) is 35.2 Å². The van der Waals surface area contributed by atoms with E-state index in [9.17, 15) is 14.0 Å². The van der Waals surface area contributed by atoms with Crippen LogP contribution in [-0.2, 0) is 9.53 Å². The number of benzene rings is 1. The third kappa shape index (κ3) is 3.98. The minimum absolute atomic E-state index is 0.0573. The average Bonchev–Trinajstić information content (AvgIpc) is 3.53. The van der Waals surface area contributed by atoms with Crippen molar-refractivity contribution in [2.45, 2.75) is 18.9 Å². The predicted molar refractivity (Wildman–Crippen MR) is 96.6 cm³/mol. The molecule has 2 amide bonds.